The smallest absolute Gasteiger partial charge is 0.242 e. The van der Waals surface area contributed by atoms with Gasteiger partial charge in [-0.2, -0.15) is 0 Å². The van der Waals surface area contributed by atoms with E-state index in [9.17, 15) is 38.4 Å². The van der Waals surface area contributed by atoms with Crippen molar-refractivity contribution in [1.29, 1.82) is 0 Å². The average Bonchev–Trinajstić information content (AvgIpc) is 3.49. The van der Waals surface area contributed by atoms with Crippen LogP contribution < -0.4 is 4.90 Å². The van der Waals surface area contributed by atoms with Crippen LogP contribution >= 0.6 is 11.8 Å². The van der Waals surface area contributed by atoms with Crippen LogP contribution in [-0.2, 0) is 14.3 Å². The number of rotatable bonds is 8. The number of hydrogen-bond donors (Lipinski definition) is 4. The van der Waals surface area contributed by atoms with Gasteiger partial charge in [-0.3, -0.25) is 4.79 Å². The third-order valence-electron chi connectivity index (χ3n) is 7.76. The van der Waals surface area contributed by atoms with E-state index in [1.54, 1.807) is 37.4 Å². The van der Waals surface area contributed by atoms with Crippen molar-refractivity contribution in [3.63, 3.8) is 0 Å². The summed E-state index contributed by atoms with van der Waals surface area (Å²) in [5, 5.41) is 50.7. The molecule has 1 aromatic heterocycles. The predicted molar refractivity (Wildman–Crippen MR) is 148 cm³/mol. The molecule has 5 rings (SSSR count). The molecule has 2 aliphatic rings. The molecular formula is C28H31F3N4O7S. The van der Waals surface area contributed by atoms with Gasteiger partial charge in [-0.05, 0) is 24.3 Å². The van der Waals surface area contributed by atoms with Crippen LogP contribution in [-0.4, -0.2) is 103 Å². The van der Waals surface area contributed by atoms with Crippen molar-refractivity contribution in [2.75, 3.05) is 31.8 Å². The van der Waals surface area contributed by atoms with Gasteiger partial charge in [-0.1, -0.05) is 23.4 Å². The Morgan fingerprint density at radius 3 is 2.42 bits per heavy atom. The quantitative estimate of drug-likeness (QED) is 0.273. The molecule has 6 atom stereocenters. The number of anilines is 1. The molecule has 0 aliphatic carbocycles. The van der Waals surface area contributed by atoms with Gasteiger partial charge in [0.25, 0.3) is 0 Å². The molecule has 0 bridgehead atoms. The average molecular weight is 625 g/mol. The zero-order valence-electron chi connectivity index (χ0n) is 23.0. The maximum Gasteiger partial charge on any atom is 0.242 e. The summed E-state index contributed by atoms with van der Waals surface area (Å²) in [6.45, 7) is -0.258. The molecule has 2 saturated heterocycles. The number of thioether (sulfide) groups is 1. The molecule has 1 amide bonds. The Morgan fingerprint density at radius 2 is 1.79 bits per heavy atom. The van der Waals surface area contributed by atoms with Crippen molar-refractivity contribution in [3.8, 4) is 11.3 Å². The van der Waals surface area contributed by atoms with Crippen molar-refractivity contribution < 1.29 is 47.9 Å². The van der Waals surface area contributed by atoms with Gasteiger partial charge in [0, 0.05) is 44.4 Å². The van der Waals surface area contributed by atoms with Crippen molar-refractivity contribution in [2.24, 2.45) is 0 Å². The zero-order valence-corrected chi connectivity index (χ0v) is 23.8. The van der Waals surface area contributed by atoms with E-state index in [1.807, 2.05) is 0 Å². The number of amides is 1. The highest BCUT2D eigenvalue weighted by Crippen LogP contribution is 2.42. The lowest BCUT2D eigenvalue weighted by Gasteiger charge is -2.45. The van der Waals surface area contributed by atoms with E-state index < -0.39 is 70.6 Å². The molecule has 0 radical (unpaired) electrons. The monoisotopic (exact) mass is 624 g/mol. The highest BCUT2D eigenvalue weighted by atomic mass is 32.2. The van der Waals surface area contributed by atoms with Crippen molar-refractivity contribution in [3.05, 3.63) is 66.1 Å². The van der Waals surface area contributed by atoms with Crippen LogP contribution in [0.4, 0.5) is 18.9 Å². The molecule has 3 aromatic rings. The lowest BCUT2D eigenvalue weighted by molar-refractivity contribution is -0.179. The number of hydrogen-bond acceptors (Lipinski definition) is 10. The number of para-hydroxylation sites is 1. The number of nitrogens with zero attached hydrogens (tertiary/aromatic N) is 4. The first-order valence-corrected chi connectivity index (χ1v) is 14.5. The number of aliphatic hydroxyl groups is 4. The van der Waals surface area contributed by atoms with Crippen molar-refractivity contribution in [1.82, 2.24) is 15.0 Å². The third kappa shape index (κ3) is 6.29. The standard InChI is InChI=1S/C28H31F3N4O7S/c1-34(16-5-3-2-4-6-16)26(39)25(28(40)7-9-41-10-8-28)43-27-24(38)22(23(37)20(14-36)42-27)35-13-19(32-33-35)15-11-17(29)21(31)18(30)12-15/h2-6,11-13,20,22-25,27,36-38,40H,7-10,14H2,1H3/t20-,22+,23+,24-,25+,27+/m1/s1. The summed E-state index contributed by atoms with van der Waals surface area (Å²) in [5.41, 5.74) is -2.45. The van der Waals surface area contributed by atoms with Crippen LogP contribution in [0.1, 0.15) is 18.9 Å². The third-order valence-corrected chi connectivity index (χ3v) is 9.33. The molecule has 232 valence electrons. The van der Waals surface area contributed by atoms with E-state index in [4.69, 9.17) is 9.47 Å². The molecule has 3 heterocycles. The maximum atomic E-state index is 13.9. The summed E-state index contributed by atoms with van der Waals surface area (Å²) in [6.07, 6.45) is -2.88. The number of carbonyl (C=O) groups excluding carboxylic acids is 1. The first-order valence-electron chi connectivity index (χ1n) is 13.5. The molecule has 2 aliphatic heterocycles. The van der Waals surface area contributed by atoms with Gasteiger partial charge in [0.2, 0.25) is 5.91 Å². The second-order valence-electron chi connectivity index (χ2n) is 10.5. The molecule has 11 nitrogen and oxygen atoms in total. The van der Waals surface area contributed by atoms with Gasteiger partial charge in [0.05, 0.1) is 18.4 Å². The van der Waals surface area contributed by atoms with Crippen LogP contribution in [0.2, 0.25) is 0 Å². The number of aliphatic hydroxyl groups excluding tert-OH is 3. The highest BCUT2D eigenvalue weighted by Gasteiger charge is 2.51. The number of halogens is 3. The Bertz CT molecular complexity index is 1410. The van der Waals surface area contributed by atoms with Crippen LogP contribution in [0, 0.1) is 17.5 Å². The summed E-state index contributed by atoms with van der Waals surface area (Å²) in [6, 6.07) is 8.94. The van der Waals surface area contributed by atoms with Gasteiger partial charge in [-0.25, -0.2) is 17.9 Å². The minimum Gasteiger partial charge on any atom is -0.394 e. The van der Waals surface area contributed by atoms with Gasteiger partial charge in [0.1, 0.15) is 40.7 Å². The lowest BCUT2D eigenvalue weighted by Crippen LogP contribution is -2.58. The minimum atomic E-state index is -1.65. The van der Waals surface area contributed by atoms with Crippen molar-refractivity contribution in [2.45, 2.75) is 53.5 Å². The Labute approximate surface area is 248 Å². The Hall–Kier alpha value is -3.05. The van der Waals surface area contributed by atoms with Crippen LogP contribution in [0.3, 0.4) is 0 Å². The van der Waals surface area contributed by atoms with Crippen molar-refractivity contribution >= 4 is 23.4 Å². The normalized spacial score (nSPS) is 26.2. The largest absolute Gasteiger partial charge is 0.394 e. The summed E-state index contributed by atoms with van der Waals surface area (Å²) in [7, 11) is 1.56. The van der Waals surface area contributed by atoms with Crippen LogP contribution in [0.5, 0.6) is 0 Å². The van der Waals surface area contributed by atoms with E-state index in [2.05, 4.69) is 10.3 Å². The fraction of sp³-hybridized carbons (Fsp3) is 0.464. The van der Waals surface area contributed by atoms with Crippen LogP contribution in [0.15, 0.2) is 48.7 Å². The molecule has 43 heavy (non-hydrogen) atoms. The van der Waals surface area contributed by atoms with Gasteiger partial charge in [0.15, 0.2) is 17.5 Å². The number of benzene rings is 2. The Morgan fingerprint density at radius 1 is 1.14 bits per heavy atom. The molecule has 15 heteroatoms. The first kappa shape index (κ1) is 31.4. The molecule has 4 N–H and O–H groups in total. The fourth-order valence-corrected chi connectivity index (χ4v) is 6.80. The molecule has 2 aromatic carbocycles. The van der Waals surface area contributed by atoms with Gasteiger partial charge < -0.3 is 34.8 Å². The molecule has 0 unspecified atom stereocenters. The summed E-state index contributed by atoms with van der Waals surface area (Å²) >= 11 is 0.845. The SMILES string of the molecule is CN(C(=O)[C@H](S[C@@H]1O[C@H](CO)[C@H](O)[C@H](n2cc(-c3cc(F)c(F)c(F)c3)nn2)[C@H]1O)C1(O)CCOCC1)c1ccccc1. The molecule has 0 saturated carbocycles. The summed E-state index contributed by atoms with van der Waals surface area (Å²) in [4.78, 5) is 15.3. The number of aromatic nitrogens is 3. The topological polar surface area (TPSA) is 150 Å². The zero-order chi connectivity index (χ0) is 30.9. The summed E-state index contributed by atoms with van der Waals surface area (Å²) in [5.74, 6) is -4.99. The lowest BCUT2D eigenvalue weighted by atomic mass is 9.89. The predicted octanol–water partition coefficient (Wildman–Crippen LogP) is 1.65. The Balaban J connectivity index is 1.45. The number of ether oxygens (including phenoxy) is 2. The maximum absolute atomic E-state index is 13.9. The Kier molecular flexibility index (Phi) is 9.41. The first-order chi connectivity index (χ1) is 20.5. The van der Waals surface area contributed by atoms with E-state index in [0.29, 0.717) is 5.69 Å². The van der Waals surface area contributed by atoms with E-state index in [0.717, 1.165) is 28.6 Å². The summed E-state index contributed by atoms with van der Waals surface area (Å²) < 4.78 is 53.5. The van der Waals surface area contributed by atoms with Crippen LogP contribution in [0.25, 0.3) is 11.3 Å². The van der Waals surface area contributed by atoms with E-state index in [1.165, 1.54) is 11.1 Å². The second kappa shape index (κ2) is 12.9. The minimum absolute atomic E-state index is 0.0810. The highest BCUT2D eigenvalue weighted by molar-refractivity contribution is 8.01. The second-order valence-corrected chi connectivity index (χ2v) is 11.7. The van der Waals surface area contributed by atoms with E-state index >= 15 is 0 Å². The number of carbonyl (C=O) groups is 1. The van der Waals surface area contributed by atoms with E-state index in [-0.39, 0.29) is 37.3 Å². The van der Waals surface area contributed by atoms with Gasteiger partial charge >= 0.3 is 0 Å². The van der Waals surface area contributed by atoms with Gasteiger partial charge in [-0.15, -0.1) is 16.9 Å². The molecular weight excluding hydrogens is 593 g/mol. The fourth-order valence-electron chi connectivity index (χ4n) is 5.24. The molecule has 0 spiro atoms. The molecule has 2 fully saturated rings.